The number of piperidine rings is 1. The molecule has 0 aromatic heterocycles. The minimum absolute atomic E-state index is 0.0386. The van der Waals surface area contributed by atoms with E-state index in [-0.39, 0.29) is 23.5 Å². The van der Waals surface area contributed by atoms with E-state index in [1.165, 1.54) is 12.1 Å². The minimum atomic E-state index is -0.271. The Labute approximate surface area is 170 Å². The lowest BCUT2D eigenvalue weighted by atomic mass is 9.96. The van der Waals surface area contributed by atoms with Crippen molar-refractivity contribution in [3.63, 3.8) is 0 Å². The van der Waals surface area contributed by atoms with Gasteiger partial charge in [0.25, 0.3) is 0 Å². The topological polar surface area (TPSA) is 58.6 Å². The number of nitrogens with zero attached hydrogens (tertiary/aromatic N) is 1. The number of carbonyl (C=O) groups is 2. The summed E-state index contributed by atoms with van der Waals surface area (Å²) in [6.07, 6.45) is 2.29. The second kappa shape index (κ2) is 10.0. The Morgan fingerprint density at radius 2 is 1.97 bits per heavy atom. The fourth-order valence-electron chi connectivity index (χ4n) is 3.57. The molecule has 0 radical (unpaired) electrons. The Morgan fingerprint density at radius 3 is 2.69 bits per heavy atom. The van der Waals surface area contributed by atoms with Crippen molar-refractivity contribution in [1.29, 1.82) is 0 Å². The van der Waals surface area contributed by atoms with E-state index in [0.29, 0.717) is 38.9 Å². The second-order valence-corrected chi connectivity index (χ2v) is 7.34. The third-order valence-corrected chi connectivity index (χ3v) is 5.30. The average molecular weight is 398 g/mol. The van der Waals surface area contributed by atoms with E-state index < -0.39 is 0 Å². The summed E-state index contributed by atoms with van der Waals surface area (Å²) in [6, 6.07) is 14.2. The molecule has 1 fully saturated rings. The van der Waals surface area contributed by atoms with Crippen LogP contribution >= 0.6 is 0 Å². The van der Waals surface area contributed by atoms with Crippen molar-refractivity contribution in [3.05, 3.63) is 65.5 Å². The lowest BCUT2D eigenvalue weighted by molar-refractivity contribution is -0.138. The predicted octanol–water partition coefficient (Wildman–Crippen LogP) is 2.97. The van der Waals surface area contributed by atoms with Crippen LogP contribution in [0.15, 0.2) is 48.5 Å². The molecule has 1 saturated heterocycles. The molecule has 3 rings (SSSR count). The standard InChI is InChI=1S/C23H27FN2O3/c1-29-21-8-5-17(6-9-21)12-14-26-16-19(7-10-22(26)27)23(28)25-13-11-18-3-2-4-20(24)15-18/h2-6,8-9,15,19H,7,10-14,16H2,1H3,(H,25,28)/t19-/m1/s1. The van der Waals surface area contributed by atoms with Crippen molar-refractivity contribution < 1.29 is 18.7 Å². The fraction of sp³-hybridized carbons (Fsp3) is 0.391. The summed E-state index contributed by atoms with van der Waals surface area (Å²) < 4.78 is 18.4. The molecule has 2 aromatic carbocycles. The zero-order valence-corrected chi connectivity index (χ0v) is 16.7. The summed E-state index contributed by atoms with van der Waals surface area (Å²) >= 11 is 0. The molecule has 2 amide bonds. The maximum absolute atomic E-state index is 13.2. The van der Waals surface area contributed by atoms with Gasteiger partial charge in [-0.15, -0.1) is 0 Å². The first-order valence-electron chi connectivity index (χ1n) is 9.98. The van der Waals surface area contributed by atoms with Gasteiger partial charge in [-0.2, -0.15) is 0 Å². The van der Waals surface area contributed by atoms with Gasteiger partial charge in [0.05, 0.1) is 13.0 Å². The van der Waals surface area contributed by atoms with Crippen LogP contribution in [-0.2, 0) is 22.4 Å². The molecular formula is C23H27FN2O3. The van der Waals surface area contributed by atoms with Crippen LogP contribution in [0.2, 0.25) is 0 Å². The van der Waals surface area contributed by atoms with Crippen LogP contribution in [0, 0.1) is 11.7 Å². The Bertz CT molecular complexity index is 838. The van der Waals surface area contributed by atoms with Crippen molar-refractivity contribution in [2.75, 3.05) is 26.7 Å². The molecule has 1 N–H and O–H groups in total. The molecule has 1 aliphatic heterocycles. The number of hydrogen-bond acceptors (Lipinski definition) is 3. The summed E-state index contributed by atoms with van der Waals surface area (Å²) in [5.74, 6) is 0.395. The number of ether oxygens (including phenoxy) is 1. The van der Waals surface area contributed by atoms with Gasteiger partial charge in [0.2, 0.25) is 11.8 Å². The number of likely N-dealkylation sites (tertiary alicyclic amines) is 1. The molecule has 154 valence electrons. The Kier molecular flexibility index (Phi) is 7.22. The smallest absolute Gasteiger partial charge is 0.224 e. The summed E-state index contributed by atoms with van der Waals surface area (Å²) in [5.41, 5.74) is 1.98. The van der Waals surface area contributed by atoms with Gasteiger partial charge >= 0.3 is 0 Å². The van der Waals surface area contributed by atoms with Crippen molar-refractivity contribution in [1.82, 2.24) is 10.2 Å². The predicted molar refractivity (Wildman–Crippen MR) is 109 cm³/mol. The lowest BCUT2D eigenvalue weighted by Crippen LogP contribution is -2.46. The molecule has 29 heavy (non-hydrogen) atoms. The van der Waals surface area contributed by atoms with Crippen LogP contribution in [0.3, 0.4) is 0 Å². The molecule has 0 aliphatic carbocycles. The first kappa shape index (κ1) is 20.8. The zero-order chi connectivity index (χ0) is 20.6. The third kappa shape index (κ3) is 6.04. The van der Waals surface area contributed by atoms with Gasteiger partial charge in [-0.3, -0.25) is 9.59 Å². The molecule has 6 heteroatoms. The number of rotatable bonds is 8. The molecule has 0 saturated carbocycles. The van der Waals surface area contributed by atoms with Gasteiger partial charge in [0, 0.05) is 26.1 Å². The highest BCUT2D eigenvalue weighted by Gasteiger charge is 2.29. The highest BCUT2D eigenvalue weighted by atomic mass is 19.1. The first-order valence-corrected chi connectivity index (χ1v) is 9.98. The van der Waals surface area contributed by atoms with Crippen LogP contribution in [0.4, 0.5) is 4.39 Å². The molecule has 0 spiro atoms. The quantitative estimate of drug-likeness (QED) is 0.744. The van der Waals surface area contributed by atoms with Crippen molar-refractivity contribution in [2.45, 2.75) is 25.7 Å². The second-order valence-electron chi connectivity index (χ2n) is 7.34. The van der Waals surface area contributed by atoms with Crippen molar-refractivity contribution >= 4 is 11.8 Å². The van der Waals surface area contributed by atoms with Crippen molar-refractivity contribution in [3.8, 4) is 5.75 Å². The van der Waals surface area contributed by atoms with E-state index in [1.807, 2.05) is 30.3 Å². The largest absolute Gasteiger partial charge is 0.497 e. The van der Waals surface area contributed by atoms with E-state index in [4.69, 9.17) is 4.74 Å². The van der Waals surface area contributed by atoms with E-state index in [1.54, 1.807) is 18.1 Å². The number of hydrogen-bond donors (Lipinski definition) is 1. The van der Waals surface area contributed by atoms with Gasteiger partial charge in [-0.05, 0) is 54.7 Å². The lowest BCUT2D eigenvalue weighted by Gasteiger charge is -2.32. The first-order chi connectivity index (χ1) is 14.0. The Balaban J connectivity index is 1.46. The number of carbonyl (C=O) groups excluding carboxylic acids is 2. The zero-order valence-electron chi connectivity index (χ0n) is 16.7. The molecule has 1 heterocycles. The van der Waals surface area contributed by atoms with Gasteiger partial charge in [0.15, 0.2) is 0 Å². The van der Waals surface area contributed by atoms with Gasteiger partial charge < -0.3 is 15.0 Å². The summed E-state index contributed by atoms with van der Waals surface area (Å²) in [7, 11) is 1.63. The molecule has 1 aliphatic rings. The van der Waals surface area contributed by atoms with Crippen molar-refractivity contribution in [2.24, 2.45) is 5.92 Å². The van der Waals surface area contributed by atoms with E-state index in [2.05, 4.69) is 5.32 Å². The molecule has 5 nitrogen and oxygen atoms in total. The van der Waals surface area contributed by atoms with Crippen LogP contribution in [0.1, 0.15) is 24.0 Å². The van der Waals surface area contributed by atoms with Crippen LogP contribution in [0.25, 0.3) is 0 Å². The van der Waals surface area contributed by atoms with E-state index in [9.17, 15) is 14.0 Å². The van der Waals surface area contributed by atoms with Gasteiger partial charge in [0.1, 0.15) is 11.6 Å². The molecule has 1 atom stereocenters. The maximum Gasteiger partial charge on any atom is 0.224 e. The van der Waals surface area contributed by atoms with Gasteiger partial charge in [-0.25, -0.2) is 4.39 Å². The minimum Gasteiger partial charge on any atom is -0.497 e. The average Bonchev–Trinajstić information content (AvgIpc) is 2.73. The van der Waals surface area contributed by atoms with Gasteiger partial charge in [-0.1, -0.05) is 24.3 Å². The number of amides is 2. The monoisotopic (exact) mass is 398 g/mol. The molecule has 2 aromatic rings. The third-order valence-electron chi connectivity index (χ3n) is 5.30. The summed E-state index contributed by atoms with van der Waals surface area (Å²) in [4.78, 5) is 26.6. The SMILES string of the molecule is COc1ccc(CCN2C[C@H](C(=O)NCCc3cccc(F)c3)CCC2=O)cc1. The number of methoxy groups -OCH3 is 1. The fourth-order valence-corrected chi connectivity index (χ4v) is 3.57. The normalized spacial score (nSPS) is 16.6. The molecular weight excluding hydrogens is 371 g/mol. The Morgan fingerprint density at radius 1 is 1.17 bits per heavy atom. The maximum atomic E-state index is 13.2. The van der Waals surface area contributed by atoms with E-state index in [0.717, 1.165) is 23.3 Å². The highest BCUT2D eigenvalue weighted by Crippen LogP contribution is 2.19. The molecule has 0 unspecified atom stereocenters. The summed E-state index contributed by atoms with van der Waals surface area (Å²) in [6.45, 7) is 1.50. The van der Waals surface area contributed by atoms with Crippen LogP contribution in [-0.4, -0.2) is 43.5 Å². The Hall–Kier alpha value is -2.89. The van der Waals surface area contributed by atoms with E-state index >= 15 is 0 Å². The summed E-state index contributed by atoms with van der Waals surface area (Å²) in [5, 5.41) is 2.93. The number of benzene rings is 2. The highest BCUT2D eigenvalue weighted by molar-refractivity contribution is 5.83. The number of halogens is 1. The molecule has 0 bridgehead atoms. The number of nitrogens with one attached hydrogen (secondary N) is 1. The van der Waals surface area contributed by atoms with Crippen LogP contribution < -0.4 is 10.1 Å². The van der Waals surface area contributed by atoms with Crippen LogP contribution in [0.5, 0.6) is 5.75 Å².